The van der Waals surface area contributed by atoms with Gasteiger partial charge >= 0.3 is 5.78 Å². The maximum atomic E-state index is 6.00. The van der Waals surface area contributed by atoms with E-state index in [4.69, 9.17) is 16.0 Å². The van der Waals surface area contributed by atoms with Crippen LogP contribution in [0, 0.1) is 13.8 Å². The Bertz CT molecular complexity index is 1040. The van der Waals surface area contributed by atoms with Gasteiger partial charge in [0.15, 0.2) is 5.03 Å². The average Bonchev–Trinajstić information content (AvgIpc) is 3.13. The van der Waals surface area contributed by atoms with Crippen molar-refractivity contribution in [2.24, 2.45) is 0 Å². The molecule has 0 aliphatic rings. The van der Waals surface area contributed by atoms with Gasteiger partial charge < -0.3 is 4.42 Å². The third-order valence-corrected chi connectivity index (χ3v) is 4.32. The zero-order valence-electron chi connectivity index (χ0n) is 12.8. The second-order valence-corrected chi connectivity index (χ2v) is 6.57. The molecule has 0 aliphatic heterocycles. The van der Waals surface area contributed by atoms with Gasteiger partial charge in [-0.05, 0) is 25.1 Å². The summed E-state index contributed by atoms with van der Waals surface area (Å²) in [5.41, 5.74) is 1.64. The molecule has 0 amide bonds. The molecule has 9 heteroatoms. The molecule has 3 heterocycles. The normalized spacial score (nSPS) is 11.3. The summed E-state index contributed by atoms with van der Waals surface area (Å²) in [6.45, 7) is 3.79. The van der Waals surface area contributed by atoms with Gasteiger partial charge in [-0.2, -0.15) is 0 Å². The van der Waals surface area contributed by atoms with Crippen molar-refractivity contribution in [2.45, 2.75) is 24.1 Å². The van der Waals surface area contributed by atoms with E-state index in [2.05, 4.69) is 25.3 Å². The van der Waals surface area contributed by atoms with Crippen LogP contribution < -0.4 is 4.52 Å². The molecular weight excluding hydrogens is 348 g/mol. The van der Waals surface area contributed by atoms with E-state index in [1.807, 2.05) is 32.0 Å². The van der Waals surface area contributed by atoms with Gasteiger partial charge in [-0.3, -0.25) is 0 Å². The van der Waals surface area contributed by atoms with Crippen LogP contribution in [0.3, 0.4) is 0 Å². The van der Waals surface area contributed by atoms with Gasteiger partial charge in [-0.1, -0.05) is 27.6 Å². The summed E-state index contributed by atoms with van der Waals surface area (Å²) in [6, 6.07) is 9.22. The Morgan fingerprint density at radius 3 is 2.88 bits per heavy atom. The number of rotatable bonds is 3. The number of aryl methyl sites for hydroxylation is 2. The second kappa shape index (κ2) is 5.88. The van der Waals surface area contributed by atoms with Crippen LogP contribution >= 0.6 is 23.4 Å². The summed E-state index contributed by atoms with van der Waals surface area (Å²) in [6.07, 6.45) is 0. The maximum absolute atomic E-state index is 6.00. The Kier molecular flexibility index (Phi) is 3.70. The standard InChI is InChI=1S/C15H11ClN6OS/c1-8-6-12(22-14(17-8)18-9(2)21-22)24-15-20-19-13(23-15)10-4-3-5-11(16)7-10/h3-7H,1-2H3/p+1. The smallest absolute Gasteiger partial charge is 0.411 e. The van der Waals surface area contributed by atoms with E-state index in [0.29, 0.717) is 21.9 Å². The number of fused-ring (bicyclic) bond motifs is 1. The van der Waals surface area contributed by atoms with Crippen molar-refractivity contribution in [1.82, 2.24) is 25.3 Å². The monoisotopic (exact) mass is 359 g/mol. The van der Waals surface area contributed by atoms with Crippen LogP contribution in [0.2, 0.25) is 5.02 Å². The van der Waals surface area contributed by atoms with Gasteiger partial charge in [-0.15, -0.1) is 14.7 Å². The van der Waals surface area contributed by atoms with Crippen molar-refractivity contribution in [1.29, 1.82) is 0 Å². The van der Waals surface area contributed by atoms with Crippen molar-refractivity contribution < 1.29 is 8.93 Å². The van der Waals surface area contributed by atoms with Gasteiger partial charge in [0.25, 0.3) is 5.22 Å². The lowest BCUT2D eigenvalue weighted by Gasteiger charge is -1.96. The first kappa shape index (κ1) is 15.1. The molecule has 24 heavy (non-hydrogen) atoms. The van der Waals surface area contributed by atoms with Crippen LogP contribution in [0.4, 0.5) is 0 Å². The molecule has 0 fully saturated rings. The quantitative estimate of drug-likeness (QED) is 0.447. The molecule has 0 saturated heterocycles. The number of hydrogen-bond donors (Lipinski definition) is 1. The maximum Gasteiger partial charge on any atom is 0.458 e. The predicted molar refractivity (Wildman–Crippen MR) is 87.9 cm³/mol. The van der Waals surface area contributed by atoms with E-state index in [-0.39, 0.29) is 0 Å². The molecule has 0 radical (unpaired) electrons. The zero-order chi connectivity index (χ0) is 16.7. The van der Waals surface area contributed by atoms with Gasteiger partial charge in [0.1, 0.15) is 5.69 Å². The summed E-state index contributed by atoms with van der Waals surface area (Å²) < 4.78 is 7.53. The minimum absolute atomic E-state index is 0.424. The minimum Gasteiger partial charge on any atom is -0.411 e. The van der Waals surface area contributed by atoms with Crippen LogP contribution in [0.25, 0.3) is 17.2 Å². The van der Waals surface area contributed by atoms with Crippen molar-refractivity contribution in [3.8, 4) is 11.5 Å². The highest BCUT2D eigenvalue weighted by Crippen LogP contribution is 2.28. The highest BCUT2D eigenvalue weighted by atomic mass is 35.5. The average molecular weight is 360 g/mol. The number of benzene rings is 1. The lowest BCUT2D eigenvalue weighted by molar-refractivity contribution is -0.620. The van der Waals surface area contributed by atoms with E-state index in [0.717, 1.165) is 22.1 Å². The van der Waals surface area contributed by atoms with E-state index >= 15 is 0 Å². The fourth-order valence-electron chi connectivity index (χ4n) is 2.25. The lowest BCUT2D eigenvalue weighted by atomic mass is 10.2. The first-order chi connectivity index (χ1) is 11.6. The summed E-state index contributed by atoms with van der Waals surface area (Å²) in [5.74, 6) is 1.80. The summed E-state index contributed by atoms with van der Waals surface area (Å²) in [4.78, 5) is 8.73. The van der Waals surface area contributed by atoms with Crippen LogP contribution in [0.5, 0.6) is 0 Å². The highest BCUT2D eigenvalue weighted by Gasteiger charge is 2.19. The van der Waals surface area contributed by atoms with Crippen LogP contribution in [0.15, 0.2) is 45.0 Å². The number of aromatic nitrogens is 6. The molecule has 3 aromatic heterocycles. The zero-order valence-corrected chi connectivity index (χ0v) is 14.4. The Labute approximate surface area is 146 Å². The third kappa shape index (κ3) is 2.85. The number of hydrogen-bond acceptors (Lipinski definition) is 6. The molecule has 0 saturated carbocycles. The van der Waals surface area contributed by atoms with Crippen molar-refractivity contribution in [2.75, 3.05) is 0 Å². The first-order valence-electron chi connectivity index (χ1n) is 7.12. The topological polar surface area (TPSA) is 84.6 Å². The summed E-state index contributed by atoms with van der Waals surface area (Å²) >= 11 is 7.34. The lowest BCUT2D eigenvalue weighted by Crippen LogP contribution is -2.27. The van der Waals surface area contributed by atoms with Gasteiger partial charge in [-0.25, -0.2) is 5.10 Å². The van der Waals surface area contributed by atoms with E-state index in [1.54, 1.807) is 16.6 Å². The Hall–Kier alpha value is -2.45. The Morgan fingerprint density at radius 2 is 2.04 bits per heavy atom. The van der Waals surface area contributed by atoms with Crippen molar-refractivity contribution >= 4 is 29.1 Å². The summed E-state index contributed by atoms with van der Waals surface area (Å²) in [7, 11) is 0. The van der Waals surface area contributed by atoms with Gasteiger partial charge in [0, 0.05) is 35.3 Å². The number of H-pyrrole nitrogens is 1. The number of nitrogens with one attached hydrogen (secondary N) is 1. The first-order valence-corrected chi connectivity index (χ1v) is 8.31. The number of halogens is 1. The number of nitrogens with zero attached hydrogens (tertiary/aromatic N) is 5. The third-order valence-electron chi connectivity index (χ3n) is 3.24. The molecule has 7 nitrogen and oxygen atoms in total. The SMILES string of the molecule is Cc1cc(Sc2nnc(-c3cccc(Cl)c3)o2)[n+]2[nH]c(C)nc2n1. The molecule has 1 aromatic carbocycles. The minimum atomic E-state index is 0.424. The molecule has 1 N–H and O–H groups in total. The molecule has 0 unspecified atom stereocenters. The predicted octanol–water partition coefficient (Wildman–Crippen LogP) is 3.01. The summed E-state index contributed by atoms with van der Waals surface area (Å²) in [5, 5.41) is 13.2. The van der Waals surface area contributed by atoms with E-state index in [1.165, 1.54) is 11.8 Å². The van der Waals surface area contributed by atoms with Crippen LogP contribution in [-0.4, -0.2) is 25.3 Å². The Balaban J connectivity index is 1.69. The molecule has 0 aliphatic carbocycles. The molecule has 0 atom stereocenters. The van der Waals surface area contributed by atoms with Gasteiger partial charge in [0.05, 0.1) is 0 Å². The fourth-order valence-corrected chi connectivity index (χ4v) is 3.27. The molecule has 4 rings (SSSR count). The fraction of sp³-hybridized carbons (Fsp3) is 0.133. The molecule has 0 spiro atoms. The van der Waals surface area contributed by atoms with E-state index in [9.17, 15) is 0 Å². The van der Waals surface area contributed by atoms with Crippen LogP contribution in [0.1, 0.15) is 11.5 Å². The van der Waals surface area contributed by atoms with Crippen molar-refractivity contribution in [3.05, 3.63) is 46.9 Å². The van der Waals surface area contributed by atoms with Gasteiger partial charge in [0.2, 0.25) is 11.7 Å². The van der Waals surface area contributed by atoms with E-state index < -0.39 is 0 Å². The van der Waals surface area contributed by atoms with Crippen molar-refractivity contribution in [3.63, 3.8) is 0 Å². The molecule has 0 bridgehead atoms. The second-order valence-electron chi connectivity index (χ2n) is 5.17. The Morgan fingerprint density at radius 1 is 1.17 bits per heavy atom. The largest absolute Gasteiger partial charge is 0.458 e. The molecular formula is C15H12ClN6OS+. The molecule has 4 aromatic rings. The molecule has 120 valence electrons. The van der Waals surface area contributed by atoms with Crippen LogP contribution in [-0.2, 0) is 0 Å². The highest BCUT2D eigenvalue weighted by molar-refractivity contribution is 7.98. The number of aromatic amines is 1.